The molecule has 5 nitrogen and oxygen atoms in total. The topological polar surface area (TPSA) is 64.6 Å². The molecular weight excluding hydrogens is 363 g/mol. The van der Waals surface area contributed by atoms with Crippen molar-refractivity contribution in [2.75, 3.05) is 11.9 Å². The zero-order chi connectivity index (χ0) is 19.9. The van der Waals surface area contributed by atoms with Gasteiger partial charge in [-0.15, -0.1) is 13.2 Å². The zero-order valence-electron chi connectivity index (χ0n) is 14.2. The molecule has 27 heavy (non-hydrogen) atoms. The second kappa shape index (κ2) is 8.88. The average molecular weight is 379 g/mol. The number of nitrogens with one attached hydrogen (secondary N) is 1. The van der Waals surface area contributed by atoms with Gasteiger partial charge in [-0.25, -0.2) is 4.79 Å². The van der Waals surface area contributed by atoms with Crippen LogP contribution in [0.15, 0.2) is 54.6 Å². The summed E-state index contributed by atoms with van der Waals surface area (Å²) in [7, 11) is 0. The number of carbonyl (C=O) groups is 2. The third kappa shape index (κ3) is 6.85. The van der Waals surface area contributed by atoms with Gasteiger partial charge in [-0.1, -0.05) is 12.1 Å². The number of halogens is 3. The Morgan fingerprint density at radius 1 is 1.04 bits per heavy atom. The molecule has 0 aliphatic heterocycles. The van der Waals surface area contributed by atoms with Gasteiger partial charge < -0.3 is 14.8 Å². The van der Waals surface area contributed by atoms with Gasteiger partial charge in [0.2, 0.25) is 0 Å². The molecule has 0 saturated carbocycles. The fraction of sp³-hybridized carbons (Fsp3) is 0.158. The Bertz CT molecular complexity index is 812. The van der Waals surface area contributed by atoms with E-state index in [1.807, 2.05) is 0 Å². The maximum Gasteiger partial charge on any atom is 0.573 e. The van der Waals surface area contributed by atoms with Crippen LogP contribution in [0, 0.1) is 0 Å². The summed E-state index contributed by atoms with van der Waals surface area (Å²) in [6, 6.07) is 11.2. The van der Waals surface area contributed by atoms with Crippen molar-refractivity contribution in [2.24, 2.45) is 0 Å². The van der Waals surface area contributed by atoms with Crippen LogP contribution in [0.5, 0.6) is 5.75 Å². The van der Waals surface area contributed by atoms with Crippen LogP contribution in [0.1, 0.15) is 22.8 Å². The Hall–Kier alpha value is -3.29. The van der Waals surface area contributed by atoms with E-state index in [4.69, 9.17) is 4.74 Å². The van der Waals surface area contributed by atoms with Crippen molar-refractivity contribution >= 4 is 23.6 Å². The number of hydrogen-bond donors (Lipinski definition) is 1. The standard InChI is InChI=1S/C19H16F3NO4/c1-2-26-17(24)12-5-13-3-8-15(9-4-13)23-18(25)14-6-10-16(11-7-14)27-19(20,21)22/h3-12H,2H2,1H3,(H,23,25)/b12-5+. The van der Waals surface area contributed by atoms with Crippen molar-refractivity contribution in [1.29, 1.82) is 0 Å². The summed E-state index contributed by atoms with van der Waals surface area (Å²) in [5, 5.41) is 2.62. The number of carbonyl (C=O) groups excluding carboxylic acids is 2. The van der Waals surface area contributed by atoms with Crippen LogP contribution in [-0.2, 0) is 9.53 Å². The molecule has 0 aromatic heterocycles. The molecule has 0 saturated heterocycles. The van der Waals surface area contributed by atoms with Crippen molar-refractivity contribution in [3.8, 4) is 5.75 Å². The molecule has 8 heteroatoms. The monoisotopic (exact) mass is 379 g/mol. The molecule has 2 rings (SSSR count). The number of hydrogen-bond acceptors (Lipinski definition) is 4. The zero-order valence-corrected chi connectivity index (χ0v) is 14.2. The largest absolute Gasteiger partial charge is 0.573 e. The average Bonchev–Trinajstić information content (AvgIpc) is 2.60. The summed E-state index contributed by atoms with van der Waals surface area (Å²) < 4.78 is 44.9. The molecule has 0 radical (unpaired) electrons. The molecule has 0 aliphatic rings. The fourth-order valence-electron chi connectivity index (χ4n) is 2.04. The molecule has 0 fully saturated rings. The molecule has 0 heterocycles. The first kappa shape index (κ1) is 20.0. The number of benzene rings is 2. The van der Waals surface area contributed by atoms with E-state index in [-0.39, 0.29) is 12.2 Å². The second-order valence-electron chi connectivity index (χ2n) is 5.23. The van der Waals surface area contributed by atoms with E-state index in [1.165, 1.54) is 18.2 Å². The van der Waals surface area contributed by atoms with E-state index >= 15 is 0 Å². The van der Waals surface area contributed by atoms with Crippen LogP contribution in [0.4, 0.5) is 18.9 Å². The third-order valence-electron chi connectivity index (χ3n) is 3.22. The third-order valence-corrected chi connectivity index (χ3v) is 3.22. The molecule has 1 amide bonds. The minimum Gasteiger partial charge on any atom is -0.463 e. The molecule has 1 N–H and O–H groups in total. The number of anilines is 1. The molecular formula is C19H16F3NO4. The molecule has 2 aromatic carbocycles. The smallest absolute Gasteiger partial charge is 0.463 e. The maximum absolute atomic E-state index is 12.1. The maximum atomic E-state index is 12.1. The molecule has 0 spiro atoms. The lowest BCUT2D eigenvalue weighted by atomic mass is 10.1. The number of amides is 1. The highest BCUT2D eigenvalue weighted by Crippen LogP contribution is 2.23. The Morgan fingerprint density at radius 2 is 1.67 bits per heavy atom. The van der Waals surface area contributed by atoms with E-state index in [0.29, 0.717) is 5.69 Å². The van der Waals surface area contributed by atoms with Crippen LogP contribution in [0.25, 0.3) is 6.08 Å². The molecule has 0 unspecified atom stereocenters. The van der Waals surface area contributed by atoms with E-state index in [2.05, 4.69) is 10.1 Å². The minimum atomic E-state index is -4.78. The first-order chi connectivity index (χ1) is 12.8. The van der Waals surface area contributed by atoms with Gasteiger partial charge in [0.05, 0.1) is 6.61 Å². The summed E-state index contributed by atoms with van der Waals surface area (Å²) in [5.74, 6) is -1.34. The summed E-state index contributed by atoms with van der Waals surface area (Å²) in [6.45, 7) is 2.00. The lowest BCUT2D eigenvalue weighted by molar-refractivity contribution is -0.274. The highest BCUT2D eigenvalue weighted by atomic mass is 19.4. The first-order valence-electron chi connectivity index (χ1n) is 7.89. The molecule has 2 aromatic rings. The summed E-state index contributed by atoms with van der Waals surface area (Å²) in [4.78, 5) is 23.4. The van der Waals surface area contributed by atoms with Crippen molar-refractivity contribution in [1.82, 2.24) is 0 Å². The lowest BCUT2D eigenvalue weighted by Gasteiger charge is -2.09. The minimum absolute atomic E-state index is 0.177. The van der Waals surface area contributed by atoms with Gasteiger partial charge >= 0.3 is 12.3 Å². The van der Waals surface area contributed by atoms with Crippen molar-refractivity contribution in [3.05, 3.63) is 65.7 Å². The van der Waals surface area contributed by atoms with Gasteiger partial charge in [0.15, 0.2) is 0 Å². The van der Waals surface area contributed by atoms with Crippen molar-refractivity contribution in [2.45, 2.75) is 13.3 Å². The Kier molecular flexibility index (Phi) is 6.59. The van der Waals surface area contributed by atoms with E-state index in [9.17, 15) is 22.8 Å². The highest BCUT2D eigenvalue weighted by Gasteiger charge is 2.31. The number of rotatable bonds is 6. The normalized spacial score (nSPS) is 11.3. The first-order valence-corrected chi connectivity index (χ1v) is 7.89. The molecule has 0 aliphatic carbocycles. The van der Waals surface area contributed by atoms with E-state index in [1.54, 1.807) is 37.3 Å². The predicted molar refractivity (Wildman–Crippen MR) is 93.2 cm³/mol. The fourth-order valence-corrected chi connectivity index (χ4v) is 2.04. The Labute approximate surface area is 153 Å². The van der Waals surface area contributed by atoms with Gasteiger partial charge in [-0.2, -0.15) is 0 Å². The summed E-state index contributed by atoms with van der Waals surface area (Å²) >= 11 is 0. The van der Waals surface area contributed by atoms with Crippen LogP contribution >= 0.6 is 0 Å². The Balaban J connectivity index is 1.96. The number of esters is 1. The van der Waals surface area contributed by atoms with E-state index in [0.717, 1.165) is 17.7 Å². The SMILES string of the molecule is CCOC(=O)/C=C/c1ccc(NC(=O)c2ccc(OC(F)(F)F)cc2)cc1. The molecule has 142 valence electrons. The van der Waals surface area contributed by atoms with Crippen LogP contribution < -0.4 is 10.1 Å². The van der Waals surface area contributed by atoms with Gasteiger partial charge in [0, 0.05) is 17.3 Å². The van der Waals surface area contributed by atoms with Crippen molar-refractivity contribution < 1.29 is 32.2 Å². The molecule has 0 bridgehead atoms. The predicted octanol–water partition coefficient (Wildman–Crippen LogP) is 4.41. The number of ether oxygens (including phenoxy) is 2. The second-order valence-corrected chi connectivity index (χ2v) is 5.23. The van der Waals surface area contributed by atoms with Crippen molar-refractivity contribution in [3.63, 3.8) is 0 Å². The van der Waals surface area contributed by atoms with Gasteiger partial charge in [0.25, 0.3) is 5.91 Å². The summed E-state index contributed by atoms with van der Waals surface area (Å²) in [5.41, 5.74) is 1.40. The van der Waals surface area contributed by atoms with Gasteiger partial charge in [-0.3, -0.25) is 4.79 Å². The number of alkyl halides is 3. The van der Waals surface area contributed by atoms with Crippen LogP contribution in [-0.4, -0.2) is 24.8 Å². The van der Waals surface area contributed by atoms with Gasteiger partial charge in [0.1, 0.15) is 5.75 Å². The Morgan fingerprint density at radius 3 is 2.22 bits per heavy atom. The summed E-state index contributed by atoms with van der Waals surface area (Å²) in [6.07, 6.45) is -1.92. The van der Waals surface area contributed by atoms with Crippen LogP contribution in [0.3, 0.4) is 0 Å². The van der Waals surface area contributed by atoms with E-state index < -0.39 is 24.0 Å². The lowest BCUT2D eigenvalue weighted by Crippen LogP contribution is -2.17. The van der Waals surface area contributed by atoms with Gasteiger partial charge in [-0.05, 0) is 55.0 Å². The highest BCUT2D eigenvalue weighted by molar-refractivity contribution is 6.04. The molecule has 0 atom stereocenters. The quantitative estimate of drug-likeness (QED) is 0.596. The van der Waals surface area contributed by atoms with Crippen LogP contribution in [0.2, 0.25) is 0 Å².